The van der Waals surface area contributed by atoms with Crippen molar-refractivity contribution < 1.29 is 0 Å². The number of nitrogens with zero attached hydrogens (tertiary/aromatic N) is 5. The molecule has 0 bridgehead atoms. The summed E-state index contributed by atoms with van der Waals surface area (Å²) in [6.45, 7) is 14.4. The summed E-state index contributed by atoms with van der Waals surface area (Å²) in [6.07, 6.45) is 3.28. The molecule has 0 amide bonds. The summed E-state index contributed by atoms with van der Waals surface area (Å²) < 4.78 is 1.91. The molecule has 1 aromatic heterocycles. The van der Waals surface area contributed by atoms with Crippen LogP contribution in [0.25, 0.3) is 0 Å². The van der Waals surface area contributed by atoms with Crippen LogP contribution in [0.2, 0.25) is 0 Å². The summed E-state index contributed by atoms with van der Waals surface area (Å²) in [5, 5.41) is 8.01. The molecule has 0 aliphatic heterocycles. The van der Waals surface area contributed by atoms with E-state index in [0.717, 1.165) is 32.1 Å². The first-order chi connectivity index (χ1) is 11.8. The van der Waals surface area contributed by atoms with Crippen molar-refractivity contribution in [2.24, 2.45) is 12.0 Å². The van der Waals surface area contributed by atoms with E-state index in [0.29, 0.717) is 12.0 Å². The van der Waals surface area contributed by atoms with Gasteiger partial charge in [-0.05, 0) is 33.2 Å². The number of guanidine groups is 1. The van der Waals surface area contributed by atoms with Crippen molar-refractivity contribution in [3.05, 3.63) is 17.5 Å². The second-order valence-electron chi connectivity index (χ2n) is 7.20. The minimum atomic E-state index is 0. The number of halogens is 1. The molecule has 1 rings (SSSR count). The number of aryl methyl sites for hydroxylation is 1. The maximum atomic E-state index is 4.81. The van der Waals surface area contributed by atoms with Gasteiger partial charge in [-0.15, -0.1) is 24.0 Å². The molecular formula is C19H39IN6. The van der Waals surface area contributed by atoms with Gasteiger partial charge in [0.1, 0.15) is 0 Å². The van der Waals surface area contributed by atoms with Crippen LogP contribution in [0.5, 0.6) is 0 Å². The van der Waals surface area contributed by atoms with E-state index in [9.17, 15) is 0 Å². The minimum absolute atomic E-state index is 0. The zero-order valence-electron chi connectivity index (χ0n) is 17.9. The minimum Gasteiger partial charge on any atom is -0.357 e. The molecule has 152 valence electrons. The second kappa shape index (κ2) is 12.5. The Morgan fingerprint density at radius 3 is 2.46 bits per heavy atom. The van der Waals surface area contributed by atoms with Crippen molar-refractivity contribution in [2.45, 2.75) is 59.5 Å². The maximum absolute atomic E-state index is 4.81. The third-order valence-electron chi connectivity index (χ3n) is 4.65. The Kier molecular flexibility index (Phi) is 12.1. The topological polar surface area (TPSA) is 48.7 Å². The van der Waals surface area contributed by atoms with E-state index in [1.807, 2.05) is 11.7 Å². The average Bonchev–Trinajstić information content (AvgIpc) is 2.93. The number of likely N-dealkylation sites (N-methyl/N-ethyl adjacent to an activating group) is 1. The fraction of sp³-hybridized carbons (Fsp3) is 0.789. The van der Waals surface area contributed by atoms with Crippen LogP contribution in [-0.2, 0) is 13.6 Å². The molecular weight excluding hydrogens is 439 g/mol. The molecule has 0 spiro atoms. The van der Waals surface area contributed by atoms with Crippen molar-refractivity contribution in [2.75, 3.05) is 33.7 Å². The molecule has 0 fully saturated rings. The molecule has 1 N–H and O–H groups in total. The number of nitrogens with one attached hydrogen (secondary N) is 1. The third kappa shape index (κ3) is 7.82. The molecule has 0 saturated heterocycles. The second-order valence-corrected chi connectivity index (χ2v) is 7.20. The standard InChI is InChI=1S/C19H38N6.HI/c1-9-16(5)23(6)12-11-21-19(20-10-2)24(7)13-17-14-25(8)22-18(17)15(3)4;/h14-16H,9-13H2,1-8H3,(H,20,21);1H. The van der Waals surface area contributed by atoms with E-state index in [1.165, 1.54) is 17.7 Å². The highest BCUT2D eigenvalue weighted by molar-refractivity contribution is 14.0. The smallest absolute Gasteiger partial charge is 0.194 e. The van der Waals surface area contributed by atoms with E-state index in [1.54, 1.807) is 0 Å². The number of aliphatic imine (C=N–C) groups is 1. The van der Waals surface area contributed by atoms with Crippen molar-refractivity contribution in [1.82, 2.24) is 24.9 Å². The Balaban J connectivity index is 0.00000625. The van der Waals surface area contributed by atoms with Crippen LogP contribution in [0.3, 0.4) is 0 Å². The van der Waals surface area contributed by atoms with Gasteiger partial charge in [0, 0.05) is 51.5 Å². The van der Waals surface area contributed by atoms with Crippen LogP contribution in [0.15, 0.2) is 11.2 Å². The quantitative estimate of drug-likeness (QED) is 0.336. The molecule has 1 heterocycles. The lowest BCUT2D eigenvalue weighted by atomic mass is 10.1. The zero-order valence-corrected chi connectivity index (χ0v) is 20.2. The highest BCUT2D eigenvalue weighted by Gasteiger charge is 2.15. The fourth-order valence-corrected chi connectivity index (χ4v) is 2.81. The van der Waals surface area contributed by atoms with Gasteiger partial charge in [-0.25, -0.2) is 0 Å². The summed E-state index contributed by atoms with van der Waals surface area (Å²) in [6, 6.07) is 0.597. The normalized spacial score (nSPS) is 13.1. The van der Waals surface area contributed by atoms with Crippen LogP contribution in [-0.4, -0.2) is 65.3 Å². The zero-order chi connectivity index (χ0) is 19.0. The molecule has 1 unspecified atom stereocenters. The van der Waals surface area contributed by atoms with Crippen molar-refractivity contribution >= 4 is 29.9 Å². The summed E-state index contributed by atoms with van der Waals surface area (Å²) >= 11 is 0. The Morgan fingerprint density at radius 1 is 1.27 bits per heavy atom. The third-order valence-corrected chi connectivity index (χ3v) is 4.65. The largest absolute Gasteiger partial charge is 0.357 e. The van der Waals surface area contributed by atoms with Crippen LogP contribution < -0.4 is 5.32 Å². The van der Waals surface area contributed by atoms with Gasteiger partial charge in [-0.1, -0.05) is 20.8 Å². The van der Waals surface area contributed by atoms with E-state index in [4.69, 9.17) is 4.99 Å². The maximum Gasteiger partial charge on any atom is 0.194 e. The fourth-order valence-electron chi connectivity index (χ4n) is 2.81. The molecule has 0 aromatic carbocycles. The first kappa shape index (κ1) is 25.2. The van der Waals surface area contributed by atoms with Crippen LogP contribution in [0.1, 0.15) is 58.2 Å². The van der Waals surface area contributed by atoms with E-state index >= 15 is 0 Å². The molecule has 7 heteroatoms. The van der Waals surface area contributed by atoms with Gasteiger partial charge >= 0.3 is 0 Å². The number of hydrogen-bond acceptors (Lipinski definition) is 3. The number of aromatic nitrogens is 2. The molecule has 0 saturated carbocycles. The number of hydrogen-bond donors (Lipinski definition) is 1. The van der Waals surface area contributed by atoms with E-state index in [-0.39, 0.29) is 24.0 Å². The number of rotatable bonds is 9. The lowest BCUT2D eigenvalue weighted by Crippen LogP contribution is -2.39. The lowest BCUT2D eigenvalue weighted by molar-refractivity contribution is 0.258. The highest BCUT2D eigenvalue weighted by Crippen LogP contribution is 2.18. The summed E-state index contributed by atoms with van der Waals surface area (Å²) in [5.41, 5.74) is 2.43. The molecule has 0 aliphatic rings. The van der Waals surface area contributed by atoms with Gasteiger partial charge in [0.05, 0.1) is 12.2 Å². The Hall–Kier alpha value is -0.830. The average molecular weight is 478 g/mol. The van der Waals surface area contributed by atoms with Gasteiger partial charge in [0.25, 0.3) is 0 Å². The van der Waals surface area contributed by atoms with Crippen LogP contribution >= 0.6 is 24.0 Å². The monoisotopic (exact) mass is 478 g/mol. The van der Waals surface area contributed by atoms with Gasteiger partial charge in [-0.2, -0.15) is 5.10 Å². The SMILES string of the molecule is CCNC(=NCCN(C)C(C)CC)N(C)Cc1cn(C)nc1C(C)C.I. The van der Waals surface area contributed by atoms with Gasteiger partial charge in [0.2, 0.25) is 0 Å². The predicted octanol–water partition coefficient (Wildman–Crippen LogP) is 3.29. The summed E-state index contributed by atoms with van der Waals surface area (Å²) in [5.74, 6) is 1.38. The Morgan fingerprint density at radius 2 is 1.92 bits per heavy atom. The molecule has 26 heavy (non-hydrogen) atoms. The van der Waals surface area contributed by atoms with Crippen LogP contribution in [0.4, 0.5) is 0 Å². The summed E-state index contributed by atoms with van der Waals surface area (Å²) in [7, 11) is 6.25. The van der Waals surface area contributed by atoms with Crippen molar-refractivity contribution in [3.8, 4) is 0 Å². The molecule has 1 aromatic rings. The molecule has 0 radical (unpaired) electrons. The predicted molar refractivity (Wildman–Crippen MR) is 123 cm³/mol. The van der Waals surface area contributed by atoms with Gasteiger partial charge in [-0.3, -0.25) is 9.67 Å². The molecule has 6 nitrogen and oxygen atoms in total. The Labute approximate surface area is 177 Å². The lowest BCUT2D eigenvalue weighted by Gasteiger charge is -2.24. The van der Waals surface area contributed by atoms with Crippen molar-refractivity contribution in [3.63, 3.8) is 0 Å². The van der Waals surface area contributed by atoms with Crippen molar-refractivity contribution in [1.29, 1.82) is 0 Å². The Bertz CT molecular complexity index is 540. The first-order valence-corrected chi connectivity index (χ1v) is 9.52. The van der Waals surface area contributed by atoms with E-state index in [2.05, 4.69) is 75.1 Å². The van der Waals surface area contributed by atoms with Gasteiger partial charge in [0.15, 0.2) is 5.96 Å². The summed E-state index contributed by atoms with van der Waals surface area (Å²) in [4.78, 5) is 9.37. The molecule has 1 atom stereocenters. The molecule has 0 aliphatic carbocycles. The van der Waals surface area contributed by atoms with Gasteiger partial charge < -0.3 is 15.1 Å². The van der Waals surface area contributed by atoms with Crippen LogP contribution in [0, 0.1) is 0 Å². The highest BCUT2D eigenvalue weighted by atomic mass is 127. The van der Waals surface area contributed by atoms with E-state index < -0.39 is 0 Å². The first-order valence-electron chi connectivity index (χ1n) is 9.52.